The first kappa shape index (κ1) is 19.6. The Morgan fingerprint density at radius 2 is 1.58 bits per heavy atom. The minimum atomic E-state index is -0.0578. The van der Waals surface area contributed by atoms with Gasteiger partial charge in [-0.1, -0.05) is 12.1 Å². The van der Waals surface area contributed by atoms with Gasteiger partial charge in [0, 0.05) is 0 Å². The monoisotopic (exact) mass is 357 g/mol. The van der Waals surface area contributed by atoms with Crippen molar-refractivity contribution in [3.63, 3.8) is 0 Å². The van der Waals surface area contributed by atoms with Crippen molar-refractivity contribution in [2.75, 3.05) is 27.4 Å². The van der Waals surface area contributed by atoms with Crippen molar-refractivity contribution >= 4 is 5.91 Å². The number of nitrogens with one attached hydrogen (secondary N) is 1. The zero-order valence-corrected chi connectivity index (χ0v) is 16.1. The zero-order valence-electron chi connectivity index (χ0n) is 16.1. The topological polar surface area (TPSA) is 56.8 Å². The van der Waals surface area contributed by atoms with Gasteiger partial charge in [-0.05, 0) is 61.2 Å². The molecule has 0 aromatic heterocycles. The smallest absolute Gasteiger partial charge is 0.224 e. The maximum atomic E-state index is 12.1. The molecule has 0 spiro atoms. The fraction of sp³-hybridized carbons (Fsp3) is 0.381. The standard InChI is InChI=1S/C21H27NO4/c1-14-10-16(3)19(11-15(14)2)26-9-8-22-21(23)13-17-6-7-18(24-4)20(12-17)25-5/h6-7,10-12H,8-9,13H2,1-5H3,(H,22,23). The Morgan fingerprint density at radius 3 is 2.27 bits per heavy atom. The van der Waals surface area contributed by atoms with Crippen molar-refractivity contribution in [2.24, 2.45) is 0 Å². The normalized spacial score (nSPS) is 10.3. The van der Waals surface area contributed by atoms with E-state index < -0.39 is 0 Å². The van der Waals surface area contributed by atoms with Gasteiger partial charge in [0.25, 0.3) is 0 Å². The number of carbonyl (C=O) groups is 1. The summed E-state index contributed by atoms with van der Waals surface area (Å²) in [6, 6.07) is 9.62. The summed E-state index contributed by atoms with van der Waals surface area (Å²) < 4.78 is 16.2. The molecule has 2 rings (SSSR count). The maximum Gasteiger partial charge on any atom is 0.224 e. The highest BCUT2D eigenvalue weighted by Crippen LogP contribution is 2.27. The average Bonchev–Trinajstić information content (AvgIpc) is 2.62. The van der Waals surface area contributed by atoms with Gasteiger partial charge in [0.05, 0.1) is 27.2 Å². The van der Waals surface area contributed by atoms with E-state index in [1.54, 1.807) is 20.3 Å². The van der Waals surface area contributed by atoms with Crippen LogP contribution in [0, 0.1) is 20.8 Å². The highest BCUT2D eigenvalue weighted by Gasteiger charge is 2.08. The van der Waals surface area contributed by atoms with Crippen LogP contribution in [0.5, 0.6) is 17.2 Å². The summed E-state index contributed by atoms with van der Waals surface area (Å²) >= 11 is 0. The lowest BCUT2D eigenvalue weighted by atomic mass is 10.1. The van der Waals surface area contributed by atoms with Gasteiger partial charge in [0.15, 0.2) is 11.5 Å². The second-order valence-corrected chi connectivity index (χ2v) is 6.27. The molecular formula is C21H27NO4. The van der Waals surface area contributed by atoms with Crippen LogP contribution in [-0.2, 0) is 11.2 Å². The van der Waals surface area contributed by atoms with Crippen molar-refractivity contribution in [3.05, 3.63) is 52.6 Å². The van der Waals surface area contributed by atoms with Crippen molar-refractivity contribution in [3.8, 4) is 17.2 Å². The molecule has 1 amide bonds. The number of carbonyl (C=O) groups excluding carboxylic acids is 1. The Balaban J connectivity index is 1.81. The van der Waals surface area contributed by atoms with E-state index >= 15 is 0 Å². The van der Waals surface area contributed by atoms with Gasteiger partial charge >= 0.3 is 0 Å². The quantitative estimate of drug-likeness (QED) is 0.736. The van der Waals surface area contributed by atoms with Crippen LogP contribution in [0.25, 0.3) is 0 Å². The predicted molar refractivity (Wildman–Crippen MR) is 102 cm³/mol. The summed E-state index contributed by atoms with van der Waals surface area (Å²) in [5, 5.41) is 2.88. The lowest BCUT2D eigenvalue weighted by molar-refractivity contribution is -0.120. The summed E-state index contributed by atoms with van der Waals surface area (Å²) in [5.41, 5.74) is 4.41. The van der Waals surface area contributed by atoms with Crippen molar-refractivity contribution < 1.29 is 19.0 Å². The van der Waals surface area contributed by atoms with E-state index in [1.165, 1.54) is 11.1 Å². The third-order valence-corrected chi connectivity index (χ3v) is 4.29. The number of rotatable bonds is 8. The number of methoxy groups -OCH3 is 2. The Labute approximate surface area is 155 Å². The molecule has 0 saturated carbocycles. The minimum absolute atomic E-state index is 0.0578. The summed E-state index contributed by atoms with van der Waals surface area (Å²) in [6.45, 7) is 7.06. The van der Waals surface area contributed by atoms with Gasteiger partial charge in [-0.25, -0.2) is 0 Å². The highest BCUT2D eigenvalue weighted by atomic mass is 16.5. The van der Waals surface area contributed by atoms with Gasteiger partial charge in [-0.15, -0.1) is 0 Å². The van der Waals surface area contributed by atoms with Gasteiger partial charge in [0.2, 0.25) is 5.91 Å². The molecule has 5 nitrogen and oxygen atoms in total. The summed E-state index contributed by atoms with van der Waals surface area (Å²) in [6.07, 6.45) is 0.281. The van der Waals surface area contributed by atoms with Crippen LogP contribution in [0.1, 0.15) is 22.3 Å². The Bertz CT molecular complexity index is 771. The van der Waals surface area contributed by atoms with Crippen LogP contribution in [-0.4, -0.2) is 33.3 Å². The van der Waals surface area contributed by atoms with Crippen LogP contribution in [0.2, 0.25) is 0 Å². The number of amides is 1. The molecule has 0 heterocycles. The van der Waals surface area contributed by atoms with Gasteiger partial charge < -0.3 is 19.5 Å². The van der Waals surface area contributed by atoms with E-state index in [0.29, 0.717) is 24.7 Å². The van der Waals surface area contributed by atoms with E-state index in [2.05, 4.69) is 25.2 Å². The number of ether oxygens (including phenoxy) is 3. The first-order valence-electron chi connectivity index (χ1n) is 8.63. The molecular weight excluding hydrogens is 330 g/mol. The van der Waals surface area contributed by atoms with E-state index in [0.717, 1.165) is 16.9 Å². The molecule has 2 aromatic carbocycles. The molecule has 140 valence electrons. The van der Waals surface area contributed by atoms with Crippen LogP contribution in [0.15, 0.2) is 30.3 Å². The number of hydrogen-bond acceptors (Lipinski definition) is 4. The molecule has 26 heavy (non-hydrogen) atoms. The number of aryl methyl sites for hydroxylation is 3. The summed E-state index contributed by atoms with van der Waals surface area (Å²) in [4.78, 5) is 12.1. The Hall–Kier alpha value is -2.69. The fourth-order valence-corrected chi connectivity index (χ4v) is 2.68. The molecule has 0 bridgehead atoms. The lowest BCUT2D eigenvalue weighted by Gasteiger charge is -2.13. The van der Waals surface area contributed by atoms with E-state index in [-0.39, 0.29) is 12.3 Å². The van der Waals surface area contributed by atoms with Crippen LogP contribution in [0.3, 0.4) is 0 Å². The second-order valence-electron chi connectivity index (χ2n) is 6.27. The first-order chi connectivity index (χ1) is 12.4. The van der Waals surface area contributed by atoms with E-state index in [1.807, 2.05) is 25.1 Å². The van der Waals surface area contributed by atoms with Crippen LogP contribution < -0.4 is 19.5 Å². The van der Waals surface area contributed by atoms with E-state index in [4.69, 9.17) is 14.2 Å². The SMILES string of the molecule is COc1ccc(CC(=O)NCCOc2cc(C)c(C)cc2C)cc1OC. The molecule has 0 unspecified atom stereocenters. The molecule has 0 aliphatic heterocycles. The molecule has 0 saturated heterocycles. The third-order valence-electron chi connectivity index (χ3n) is 4.29. The minimum Gasteiger partial charge on any atom is -0.493 e. The highest BCUT2D eigenvalue weighted by molar-refractivity contribution is 5.78. The third kappa shape index (κ3) is 5.15. The van der Waals surface area contributed by atoms with Gasteiger partial charge in [-0.2, -0.15) is 0 Å². The van der Waals surface area contributed by atoms with Crippen LogP contribution >= 0.6 is 0 Å². The molecule has 0 fully saturated rings. The van der Waals surface area contributed by atoms with Gasteiger partial charge in [-0.3, -0.25) is 4.79 Å². The van der Waals surface area contributed by atoms with Crippen molar-refractivity contribution in [2.45, 2.75) is 27.2 Å². The second kappa shape index (κ2) is 9.13. The average molecular weight is 357 g/mol. The Morgan fingerprint density at radius 1 is 0.885 bits per heavy atom. The molecule has 0 aliphatic rings. The van der Waals surface area contributed by atoms with Crippen molar-refractivity contribution in [1.82, 2.24) is 5.32 Å². The fourth-order valence-electron chi connectivity index (χ4n) is 2.68. The molecule has 5 heteroatoms. The molecule has 0 atom stereocenters. The molecule has 2 aromatic rings. The number of benzene rings is 2. The van der Waals surface area contributed by atoms with Crippen molar-refractivity contribution in [1.29, 1.82) is 0 Å². The first-order valence-corrected chi connectivity index (χ1v) is 8.63. The zero-order chi connectivity index (χ0) is 19.1. The lowest BCUT2D eigenvalue weighted by Crippen LogP contribution is -2.29. The molecule has 1 N–H and O–H groups in total. The van der Waals surface area contributed by atoms with E-state index in [9.17, 15) is 4.79 Å². The predicted octanol–water partition coefficient (Wildman–Crippen LogP) is 3.37. The molecule has 0 aliphatic carbocycles. The largest absolute Gasteiger partial charge is 0.493 e. The Kier molecular flexibility index (Phi) is 6.89. The van der Waals surface area contributed by atoms with Gasteiger partial charge in [0.1, 0.15) is 12.4 Å². The molecule has 0 radical (unpaired) electrons. The summed E-state index contributed by atoms with van der Waals surface area (Å²) in [5.74, 6) is 2.07. The summed E-state index contributed by atoms with van der Waals surface area (Å²) in [7, 11) is 3.16. The van der Waals surface area contributed by atoms with Crippen LogP contribution in [0.4, 0.5) is 0 Å². The maximum absolute atomic E-state index is 12.1. The number of hydrogen-bond donors (Lipinski definition) is 1.